The van der Waals surface area contributed by atoms with Crippen LogP contribution in [0.25, 0.3) is 5.82 Å². The van der Waals surface area contributed by atoms with Crippen LogP contribution < -0.4 is 5.32 Å². The fourth-order valence-corrected chi connectivity index (χ4v) is 2.05. The van der Waals surface area contributed by atoms with Gasteiger partial charge in [0.1, 0.15) is 0 Å². The Balaban J connectivity index is 1.70. The van der Waals surface area contributed by atoms with Crippen LogP contribution in [0.4, 0.5) is 6.01 Å². The van der Waals surface area contributed by atoms with Crippen molar-refractivity contribution < 1.29 is 4.42 Å². The van der Waals surface area contributed by atoms with Crippen molar-refractivity contribution in [3.63, 3.8) is 0 Å². The zero-order chi connectivity index (χ0) is 14.8. The first-order valence-electron chi connectivity index (χ1n) is 6.64. The normalized spacial score (nSPS) is 10.8. The highest BCUT2D eigenvalue weighted by Gasteiger charge is 2.05. The van der Waals surface area contributed by atoms with E-state index in [-0.39, 0.29) is 0 Å². The van der Waals surface area contributed by atoms with Crippen LogP contribution in [0.2, 0.25) is 0 Å². The predicted octanol–water partition coefficient (Wildman–Crippen LogP) is 2.19. The smallest absolute Gasteiger partial charge is 0.315 e. The minimum Gasteiger partial charge on any atom is -0.408 e. The molecule has 0 aliphatic heterocycles. The Morgan fingerprint density at radius 1 is 1.19 bits per heavy atom. The van der Waals surface area contributed by atoms with Crippen LogP contribution >= 0.6 is 0 Å². The molecule has 0 unspecified atom stereocenters. The van der Waals surface area contributed by atoms with E-state index >= 15 is 0 Å². The summed E-state index contributed by atoms with van der Waals surface area (Å²) in [7, 11) is 0. The molecule has 0 aliphatic rings. The first-order chi connectivity index (χ1) is 10.1. The summed E-state index contributed by atoms with van der Waals surface area (Å²) in [4.78, 5) is 4.43. The standard InChI is InChI=1S/C14H16N6O/c1-9-6-10(2)20(19-9)13-5-4-12(7-15-13)8-16-14-18-17-11(3)21-14/h4-7H,8H2,1-3H3,(H,16,18). The van der Waals surface area contributed by atoms with Crippen LogP contribution in [0.1, 0.15) is 22.8 Å². The SMILES string of the molecule is Cc1cc(C)n(-c2ccc(CNc3nnc(C)o3)cn2)n1. The van der Waals surface area contributed by atoms with Crippen LogP contribution in [-0.2, 0) is 6.54 Å². The second-order valence-electron chi connectivity index (χ2n) is 4.84. The third-order valence-corrected chi connectivity index (χ3v) is 3.01. The molecule has 7 nitrogen and oxygen atoms in total. The van der Waals surface area contributed by atoms with E-state index in [4.69, 9.17) is 4.42 Å². The van der Waals surface area contributed by atoms with E-state index in [1.807, 2.05) is 42.9 Å². The zero-order valence-electron chi connectivity index (χ0n) is 12.2. The highest BCUT2D eigenvalue weighted by Crippen LogP contribution is 2.11. The molecule has 0 fully saturated rings. The van der Waals surface area contributed by atoms with Gasteiger partial charge in [0.05, 0.1) is 5.69 Å². The summed E-state index contributed by atoms with van der Waals surface area (Å²) < 4.78 is 7.08. The second kappa shape index (κ2) is 5.35. The summed E-state index contributed by atoms with van der Waals surface area (Å²) in [6, 6.07) is 6.37. The molecular weight excluding hydrogens is 268 g/mol. The maximum atomic E-state index is 5.25. The Hall–Kier alpha value is -2.70. The number of nitrogens with zero attached hydrogens (tertiary/aromatic N) is 5. The fraction of sp³-hybridized carbons (Fsp3) is 0.286. The van der Waals surface area contributed by atoms with Crippen molar-refractivity contribution in [3.8, 4) is 5.82 Å². The summed E-state index contributed by atoms with van der Waals surface area (Å²) in [6.45, 7) is 6.30. The van der Waals surface area contributed by atoms with Gasteiger partial charge < -0.3 is 9.73 Å². The molecule has 0 amide bonds. The molecule has 0 aromatic carbocycles. The van der Waals surface area contributed by atoms with Gasteiger partial charge >= 0.3 is 6.01 Å². The van der Waals surface area contributed by atoms with Gasteiger partial charge in [0.2, 0.25) is 5.89 Å². The number of hydrogen-bond acceptors (Lipinski definition) is 6. The van der Waals surface area contributed by atoms with Crippen LogP contribution in [0.15, 0.2) is 28.8 Å². The van der Waals surface area contributed by atoms with E-state index < -0.39 is 0 Å². The highest BCUT2D eigenvalue weighted by atomic mass is 16.4. The molecule has 0 saturated carbocycles. The quantitative estimate of drug-likeness (QED) is 0.791. The number of aryl methyl sites for hydroxylation is 3. The van der Waals surface area contributed by atoms with Crippen molar-refractivity contribution in [2.24, 2.45) is 0 Å². The third-order valence-electron chi connectivity index (χ3n) is 3.01. The largest absolute Gasteiger partial charge is 0.408 e. The van der Waals surface area contributed by atoms with Gasteiger partial charge in [-0.05, 0) is 31.5 Å². The highest BCUT2D eigenvalue weighted by molar-refractivity contribution is 5.29. The Morgan fingerprint density at radius 3 is 2.62 bits per heavy atom. The lowest BCUT2D eigenvalue weighted by Crippen LogP contribution is -2.04. The number of aromatic nitrogens is 5. The van der Waals surface area contributed by atoms with Gasteiger partial charge in [0, 0.05) is 25.4 Å². The number of hydrogen-bond donors (Lipinski definition) is 1. The average Bonchev–Trinajstić information content (AvgIpc) is 3.03. The van der Waals surface area contributed by atoms with Crippen LogP contribution in [0.5, 0.6) is 0 Å². The van der Waals surface area contributed by atoms with Crippen molar-refractivity contribution >= 4 is 6.01 Å². The molecule has 21 heavy (non-hydrogen) atoms. The molecule has 0 saturated heterocycles. The Bertz CT molecular complexity index is 743. The zero-order valence-corrected chi connectivity index (χ0v) is 12.2. The van der Waals surface area contributed by atoms with Gasteiger partial charge in [0.25, 0.3) is 0 Å². The molecule has 0 aliphatic carbocycles. The molecular formula is C14H16N6O. The lowest BCUT2D eigenvalue weighted by molar-refractivity contribution is 0.530. The first-order valence-corrected chi connectivity index (χ1v) is 6.64. The third kappa shape index (κ3) is 2.91. The van der Waals surface area contributed by atoms with Crippen molar-refractivity contribution in [3.05, 3.63) is 47.2 Å². The molecule has 1 N–H and O–H groups in total. The molecule has 3 rings (SSSR count). The number of pyridine rings is 1. The summed E-state index contributed by atoms with van der Waals surface area (Å²) in [5.41, 5.74) is 3.06. The minimum absolute atomic E-state index is 0.412. The number of nitrogens with one attached hydrogen (secondary N) is 1. The lowest BCUT2D eigenvalue weighted by atomic mass is 10.3. The van der Waals surface area contributed by atoms with Gasteiger partial charge in [-0.1, -0.05) is 11.2 Å². The van der Waals surface area contributed by atoms with E-state index in [1.165, 1.54) is 0 Å². The van der Waals surface area contributed by atoms with Crippen molar-refractivity contribution in [1.29, 1.82) is 0 Å². The van der Waals surface area contributed by atoms with Crippen LogP contribution in [-0.4, -0.2) is 25.0 Å². The van der Waals surface area contributed by atoms with Gasteiger partial charge in [-0.3, -0.25) is 0 Å². The second-order valence-corrected chi connectivity index (χ2v) is 4.84. The predicted molar refractivity (Wildman–Crippen MR) is 77.2 cm³/mol. The summed E-state index contributed by atoms with van der Waals surface area (Å²) in [5.74, 6) is 1.34. The number of anilines is 1. The summed E-state index contributed by atoms with van der Waals surface area (Å²) >= 11 is 0. The van der Waals surface area contributed by atoms with Gasteiger partial charge in [-0.2, -0.15) is 5.10 Å². The molecule has 0 radical (unpaired) electrons. The topological polar surface area (TPSA) is 81.7 Å². The monoisotopic (exact) mass is 284 g/mol. The lowest BCUT2D eigenvalue weighted by Gasteiger charge is -2.05. The van der Waals surface area contributed by atoms with E-state index in [0.717, 1.165) is 22.8 Å². The van der Waals surface area contributed by atoms with Gasteiger partial charge in [-0.15, -0.1) is 5.10 Å². The molecule has 0 bridgehead atoms. The molecule has 3 aromatic heterocycles. The number of rotatable bonds is 4. The van der Waals surface area contributed by atoms with Crippen LogP contribution in [0.3, 0.4) is 0 Å². The average molecular weight is 284 g/mol. The molecule has 7 heteroatoms. The van der Waals surface area contributed by atoms with Crippen molar-refractivity contribution in [2.75, 3.05) is 5.32 Å². The Labute approximate surface area is 122 Å². The van der Waals surface area contributed by atoms with Gasteiger partial charge in [-0.25, -0.2) is 9.67 Å². The van der Waals surface area contributed by atoms with E-state index in [9.17, 15) is 0 Å². The van der Waals surface area contributed by atoms with E-state index in [0.29, 0.717) is 18.5 Å². The molecule has 0 atom stereocenters. The van der Waals surface area contributed by atoms with Crippen molar-refractivity contribution in [1.82, 2.24) is 25.0 Å². The maximum Gasteiger partial charge on any atom is 0.315 e. The Morgan fingerprint density at radius 2 is 2.05 bits per heavy atom. The Kier molecular flexibility index (Phi) is 3.39. The summed E-state index contributed by atoms with van der Waals surface area (Å²) in [5, 5.41) is 15.1. The maximum absolute atomic E-state index is 5.25. The first kappa shape index (κ1) is 13.3. The fourth-order valence-electron chi connectivity index (χ4n) is 2.05. The summed E-state index contributed by atoms with van der Waals surface area (Å²) in [6.07, 6.45) is 1.81. The van der Waals surface area contributed by atoms with E-state index in [1.54, 1.807) is 6.92 Å². The van der Waals surface area contributed by atoms with Crippen molar-refractivity contribution in [2.45, 2.75) is 27.3 Å². The van der Waals surface area contributed by atoms with Gasteiger partial charge in [0.15, 0.2) is 5.82 Å². The molecule has 0 spiro atoms. The molecule has 3 heterocycles. The molecule has 3 aromatic rings. The van der Waals surface area contributed by atoms with Crippen LogP contribution in [0, 0.1) is 20.8 Å². The minimum atomic E-state index is 0.412. The molecule has 108 valence electrons. The van der Waals surface area contributed by atoms with E-state index in [2.05, 4.69) is 25.6 Å².